The zero-order valence-electron chi connectivity index (χ0n) is 11.7. The van der Waals surface area contributed by atoms with E-state index in [9.17, 15) is 8.42 Å². The summed E-state index contributed by atoms with van der Waals surface area (Å²) in [5.74, 6) is 0.270. The van der Waals surface area contributed by atoms with Gasteiger partial charge in [-0.2, -0.15) is 5.10 Å². The number of sulfone groups is 1. The molecular weight excluding hydrogens is 290 g/mol. The highest BCUT2D eigenvalue weighted by Crippen LogP contribution is 2.25. The van der Waals surface area contributed by atoms with Crippen molar-refractivity contribution in [3.8, 4) is 0 Å². The van der Waals surface area contributed by atoms with Gasteiger partial charge in [0.05, 0.1) is 22.7 Å². The molecule has 2 heterocycles. The van der Waals surface area contributed by atoms with Gasteiger partial charge in [0.1, 0.15) is 5.52 Å². The molecule has 7 nitrogen and oxygen atoms in total. The topological polar surface area (TPSA) is 95.8 Å². The summed E-state index contributed by atoms with van der Waals surface area (Å²) in [5, 5.41) is 4.30. The van der Waals surface area contributed by atoms with Crippen LogP contribution in [0.2, 0.25) is 0 Å². The third kappa shape index (κ3) is 2.38. The third-order valence-electron chi connectivity index (χ3n) is 3.26. The molecule has 0 saturated carbocycles. The number of aryl methyl sites for hydroxylation is 1. The van der Waals surface area contributed by atoms with Crippen LogP contribution in [-0.4, -0.2) is 34.0 Å². The molecule has 21 heavy (non-hydrogen) atoms. The zero-order chi connectivity index (χ0) is 15.2. The molecule has 3 aromatic rings. The van der Waals surface area contributed by atoms with Gasteiger partial charge in [-0.1, -0.05) is 6.07 Å². The van der Waals surface area contributed by atoms with E-state index in [2.05, 4.69) is 10.1 Å². The summed E-state index contributed by atoms with van der Waals surface area (Å²) in [4.78, 5) is 4.40. The highest BCUT2D eigenvalue weighted by atomic mass is 32.2. The van der Waals surface area contributed by atoms with Crippen LogP contribution in [-0.2, 0) is 23.4 Å². The van der Waals surface area contributed by atoms with E-state index in [0.29, 0.717) is 17.6 Å². The first-order chi connectivity index (χ1) is 9.86. The molecule has 2 aromatic heterocycles. The Labute approximate surface area is 121 Å². The summed E-state index contributed by atoms with van der Waals surface area (Å²) in [5.41, 5.74) is 7.85. The van der Waals surface area contributed by atoms with E-state index in [4.69, 9.17) is 5.73 Å². The van der Waals surface area contributed by atoms with E-state index in [1.165, 1.54) is 6.07 Å². The molecule has 8 heteroatoms. The van der Waals surface area contributed by atoms with Crippen molar-refractivity contribution < 1.29 is 8.42 Å². The molecule has 0 saturated heterocycles. The number of nitrogens with two attached hydrogens (primary N) is 1. The molecule has 0 unspecified atom stereocenters. The Kier molecular flexibility index (Phi) is 2.98. The van der Waals surface area contributed by atoms with Crippen molar-refractivity contribution in [2.24, 2.45) is 7.05 Å². The first-order valence-corrected chi connectivity index (χ1v) is 8.19. The summed E-state index contributed by atoms with van der Waals surface area (Å²) in [7, 11) is -1.52. The van der Waals surface area contributed by atoms with E-state index >= 15 is 0 Å². The van der Waals surface area contributed by atoms with Gasteiger partial charge < -0.3 is 10.3 Å². The molecule has 1 aromatic carbocycles. The smallest absolute Gasteiger partial charge is 0.201 e. The fourth-order valence-corrected chi connectivity index (χ4v) is 3.14. The lowest BCUT2D eigenvalue weighted by atomic mass is 10.3. The number of aromatic nitrogens is 4. The van der Waals surface area contributed by atoms with Gasteiger partial charge in [-0.3, -0.25) is 4.68 Å². The number of hydrogen-bond donors (Lipinski definition) is 1. The predicted octanol–water partition coefficient (Wildman–Crippen LogP) is 0.804. The number of nitrogen functional groups attached to an aromatic ring is 1. The van der Waals surface area contributed by atoms with E-state index in [0.717, 1.165) is 11.9 Å². The van der Waals surface area contributed by atoms with Crippen LogP contribution >= 0.6 is 0 Å². The number of para-hydroxylation sites is 1. The lowest BCUT2D eigenvalue weighted by Crippen LogP contribution is -2.05. The van der Waals surface area contributed by atoms with Crippen LogP contribution < -0.4 is 5.73 Å². The van der Waals surface area contributed by atoms with Crippen molar-refractivity contribution in [3.05, 3.63) is 36.2 Å². The lowest BCUT2D eigenvalue weighted by molar-refractivity contribution is 0.602. The molecule has 0 fully saturated rings. The van der Waals surface area contributed by atoms with Crippen LogP contribution in [0.5, 0.6) is 0 Å². The Bertz CT molecular complexity index is 923. The van der Waals surface area contributed by atoms with Crippen LogP contribution in [0.25, 0.3) is 11.0 Å². The minimum absolute atomic E-state index is 0.187. The van der Waals surface area contributed by atoms with E-state index in [1.54, 1.807) is 21.4 Å². The maximum absolute atomic E-state index is 11.8. The third-order valence-corrected chi connectivity index (χ3v) is 4.39. The standard InChI is InChI=1S/C13H15N5O2S/c1-17-7-6-9(16-17)8-18-10-4-3-5-11(21(2,19)20)12(10)15-13(18)14/h3-7H,8H2,1-2H3,(H2,14,15). The molecule has 3 rings (SSSR count). The number of hydrogen-bond acceptors (Lipinski definition) is 5. The molecule has 110 valence electrons. The summed E-state index contributed by atoms with van der Waals surface area (Å²) in [6.07, 6.45) is 3.00. The molecular formula is C13H15N5O2S. The maximum Gasteiger partial charge on any atom is 0.201 e. The fourth-order valence-electron chi connectivity index (χ4n) is 2.31. The SMILES string of the molecule is Cn1ccc(Cn2c(N)nc3c(S(C)(=O)=O)cccc32)n1. The normalized spacial score (nSPS) is 12.1. The van der Waals surface area contributed by atoms with Crippen molar-refractivity contribution in [1.82, 2.24) is 19.3 Å². The first kappa shape index (κ1) is 13.6. The number of benzene rings is 1. The molecule has 0 amide bonds. The first-order valence-electron chi connectivity index (χ1n) is 6.29. The number of rotatable bonds is 3. The van der Waals surface area contributed by atoms with Crippen molar-refractivity contribution in [1.29, 1.82) is 0 Å². The Balaban J connectivity index is 2.18. The van der Waals surface area contributed by atoms with E-state index in [-0.39, 0.29) is 10.8 Å². The van der Waals surface area contributed by atoms with Gasteiger partial charge in [0, 0.05) is 19.5 Å². The summed E-state index contributed by atoms with van der Waals surface area (Å²) >= 11 is 0. The molecule has 0 aliphatic rings. The van der Waals surface area contributed by atoms with Crippen LogP contribution in [0.4, 0.5) is 5.95 Å². The van der Waals surface area contributed by atoms with E-state index in [1.807, 2.05) is 19.3 Å². The van der Waals surface area contributed by atoms with Crippen LogP contribution in [0.15, 0.2) is 35.4 Å². The summed E-state index contributed by atoms with van der Waals surface area (Å²) in [6.45, 7) is 0.441. The lowest BCUT2D eigenvalue weighted by Gasteiger charge is -2.04. The van der Waals surface area contributed by atoms with Crippen molar-refractivity contribution >= 4 is 26.8 Å². The van der Waals surface area contributed by atoms with Gasteiger partial charge in [0.2, 0.25) is 5.95 Å². The molecule has 0 atom stereocenters. The molecule has 0 aliphatic heterocycles. The molecule has 2 N–H and O–H groups in total. The predicted molar refractivity (Wildman–Crippen MR) is 79.6 cm³/mol. The van der Waals surface area contributed by atoms with Gasteiger partial charge >= 0.3 is 0 Å². The van der Waals surface area contributed by atoms with Crippen molar-refractivity contribution in [2.45, 2.75) is 11.4 Å². The minimum Gasteiger partial charge on any atom is -0.369 e. The average Bonchev–Trinajstić information content (AvgIpc) is 2.93. The Hall–Kier alpha value is -2.35. The molecule has 0 radical (unpaired) electrons. The molecule has 0 spiro atoms. The Morgan fingerprint density at radius 3 is 2.67 bits per heavy atom. The number of nitrogens with zero attached hydrogens (tertiary/aromatic N) is 4. The van der Waals surface area contributed by atoms with Gasteiger partial charge in [-0.05, 0) is 18.2 Å². The molecule has 0 bridgehead atoms. The number of fused-ring (bicyclic) bond motifs is 1. The second kappa shape index (κ2) is 4.59. The van der Waals surface area contributed by atoms with Gasteiger partial charge in [-0.25, -0.2) is 13.4 Å². The second-order valence-corrected chi connectivity index (χ2v) is 6.92. The number of imidazole rings is 1. The van der Waals surface area contributed by atoms with Crippen molar-refractivity contribution in [2.75, 3.05) is 12.0 Å². The van der Waals surface area contributed by atoms with Gasteiger partial charge in [0.25, 0.3) is 0 Å². The second-order valence-electron chi connectivity index (χ2n) is 4.93. The van der Waals surface area contributed by atoms with Crippen LogP contribution in [0.1, 0.15) is 5.69 Å². The van der Waals surface area contributed by atoms with E-state index < -0.39 is 9.84 Å². The monoisotopic (exact) mass is 305 g/mol. The largest absolute Gasteiger partial charge is 0.369 e. The molecule has 0 aliphatic carbocycles. The average molecular weight is 305 g/mol. The van der Waals surface area contributed by atoms with Crippen molar-refractivity contribution in [3.63, 3.8) is 0 Å². The Morgan fingerprint density at radius 2 is 2.05 bits per heavy atom. The summed E-state index contributed by atoms with van der Waals surface area (Å²) < 4.78 is 27.1. The fraction of sp³-hybridized carbons (Fsp3) is 0.231. The quantitative estimate of drug-likeness (QED) is 0.772. The highest BCUT2D eigenvalue weighted by Gasteiger charge is 2.18. The van der Waals surface area contributed by atoms with Gasteiger partial charge in [0.15, 0.2) is 9.84 Å². The van der Waals surface area contributed by atoms with Gasteiger partial charge in [-0.15, -0.1) is 0 Å². The minimum atomic E-state index is -3.35. The van der Waals surface area contributed by atoms with Crippen LogP contribution in [0, 0.1) is 0 Å². The summed E-state index contributed by atoms with van der Waals surface area (Å²) in [6, 6.07) is 6.91. The highest BCUT2D eigenvalue weighted by molar-refractivity contribution is 7.91. The maximum atomic E-state index is 11.8. The van der Waals surface area contributed by atoms with Crippen LogP contribution in [0.3, 0.4) is 0 Å². The zero-order valence-corrected chi connectivity index (χ0v) is 12.5. The Morgan fingerprint density at radius 1 is 1.29 bits per heavy atom. The number of anilines is 1.